The van der Waals surface area contributed by atoms with E-state index in [1.54, 1.807) is 21.3 Å². The van der Waals surface area contributed by atoms with Gasteiger partial charge in [0, 0.05) is 39.3 Å². The van der Waals surface area contributed by atoms with Crippen LogP contribution in [0, 0.1) is 0 Å². The van der Waals surface area contributed by atoms with E-state index in [1.165, 1.54) is 5.56 Å². The van der Waals surface area contributed by atoms with Crippen molar-refractivity contribution in [2.45, 2.75) is 19.3 Å². The predicted molar refractivity (Wildman–Crippen MR) is 120 cm³/mol. The van der Waals surface area contributed by atoms with Crippen molar-refractivity contribution >= 4 is 0 Å². The fraction of sp³-hybridized carbons (Fsp3) is 0.500. The summed E-state index contributed by atoms with van der Waals surface area (Å²) in [5.41, 5.74) is 2.24. The highest BCUT2D eigenvalue weighted by molar-refractivity contribution is 5.53. The quantitative estimate of drug-likeness (QED) is 0.587. The normalized spacial score (nSPS) is 16.1. The minimum atomic E-state index is -0.525. The van der Waals surface area contributed by atoms with Gasteiger partial charge in [0.15, 0.2) is 11.5 Å². The Kier molecular flexibility index (Phi) is 8.97. The molecule has 0 bridgehead atoms. The van der Waals surface area contributed by atoms with Crippen molar-refractivity contribution in [2.75, 3.05) is 60.7 Å². The van der Waals surface area contributed by atoms with Crippen molar-refractivity contribution in [2.24, 2.45) is 0 Å². The molecular weight excluding hydrogens is 396 g/mol. The van der Waals surface area contributed by atoms with Crippen LogP contribution in [0.3, 0.4) is 0 Å². The Morgan fingerprint density at radius 2 is 1.45 bits per heavy atom. The lowest BCUT2D eigenvalue weighted by atomic mass is 10.2. The fourth-order valence-corrected chi connectivity index (χ4v) is 3.85. The average Bonchev–Trinajstić information content (AvgIpc) is 2.80. The molecule has 7 nitrogen and oxygen atoms in total. The standard InChI is InChI=1S/C24H34N2O5/c1-28-22-13-20(14-23(29-2)24(22)30-3)17-31-18-21(27)16-26-11-9-25(10-12-26)15-19-7-5-4-6-8-19/h4-8,13-14,21,27H,9-12,15-18H2,1-3H3/t21-/m0/s1. The van der Waals surface area contributed by atoms with Gasteiger partial charge in [0.2, 0.25) is 5.75 Å². The Morgan fingerprint density at radius 1 is 0.839 bits per heavy atom. The first-order chi connectivity index (χ1) is 15.1. The molecule has 0 amide bonds. The van der Waals surface area contributed by atoms with Crippen LogP contribution < -0.4 is 14.2 Å². The smallest absolute Gasteiger partial charge is 0.203 e. The van der Waals surface area contributed by atoms with Gasteiger partial charge in [0.05, 0.1) is 40.6 Å². The van der Waals surface area contributed by atoms with Crippen molar-refractivity contribution in [1.82, 2.24) is 9.80 Å². The van der Waals surface area contributed by atoms with E-state index in [-0.39, 0.29) is 6.61 Å². The van der Waals surface area contributed by atoms with Crippen LogP contribution in [0.1, 0.15) is 11.1 Å². The van der Waals surface area contributed by atoms with Crippen LogP contribution in [0.5, 0.6) is 17.2 Å². The molecule has 1 aliphatic rings. The summed E-state index contributed by atoms with van der Waals surface area (Å²) in [5.74, 6) is 1.74. The summed E-state index contributed by atoms with van der Waals surface area (Å²) < 4.78 is 21.8. The Balaban J connectivity index is 1.39. The summed E-state index contributed by atoms with van der Waals surface area (Å²) in [4.78, 5) is 4.76. The van der Waals surface area contributed by atoms with E-state index < -0.39 is 6.10 Å². The van der Waals surface area contributed by atoms with Crippen molar-refractivity contribution in [3.05, 3.63) is 53.6 Å². The molecule has 1 aliphatic heterocycles. The van der Waals surface area contributed by atoms with E-state index in [0.717, 1.165) is 38.3 Å². The molecule has 1 saturated heterocycles. The van der Waals surface area contributed by atoms with Gasteiger partial charge in [-0.05, 0) is 23.3 Å². The summed E-state index contributed by atoms with van der Waals surface area (Å²) in [6.45, 7) is 6.17. The van der Waals surface area contributed by atoms with Crippen molar-refractivity contribution < 1.29 is 24.1 Å². The summed E-state index contributed by atoms with van der Waals surface area (Å²) in [6.07, 6.45) is -0.525. The van der Waals surface area contributed by atoms with Crippen LogP contribution in [-0.4, -0.2) is 81.7 Å². The predicted octanol–water partition coefficient (Wildman–Crippen LogP) is 2.41. The Hall–Kier alpha value is -2.32. The van der Waals surface area contributed by atoms with Gasteiger partial charge >= 0.3 is 0 Å². The van der Waals surface area contributed by atoms with Gasteiger partial charge in [-0.15, -0.1) is 0 Å². The molecule has 1 heterocycles. The average molecular weight is 431 g/mol. The molecule has 31 heavy (non-hydrogen) atoms. The number of aliphatic hydroxyl groups is 1. The number of benzene rings is 2. The van der Waals surface area contributed by atoms with Gasteiger partial charge in [-0.2, -0.15) is 0 Å². The second-order valence-corrected chi connectivity index (χ2v) is 7.76. The maximum Gasteiger partial charge on any atom is 0.203 e. The lowest BCUT2D eigenvalue weighted by Crippen LogP contribution is -2.48. The largest absolute Gasteiger partial charge is 0.493 e. The Labute approximate surface area is 185 Å². The Morgan fingerprint density at radius 3 is 2.03 bits per heavy atom. The first-order valence-electron chi connectivity index (χ1n) is 10.7. The number of rotatable bonds is 11. The van der Waals surface area contributed by atoms with E-state index in [0.29, 0.717) is 30.4 Å². The van der Waals surface area contributed by atoms with E-state index in [1.807, 2.05) is 18.2 Å². The van der Waals surface area contributed by atoms with Crippen LogP contribution in [-0.2, 0) is 17.9 Å². The molecule has 0 aliphatic carbocycles. The van der Waals surface area contributed by atoms with Crippen molar-refractivity contribution in [3.63, 3.8) is 0 Å². The number of piperazine rings is 1. The minimum absolute atomic E-state index is 0.279. The van der Waals surface area contributed by atoms with E-state index in [4.69, 9.17) is 18.9 Å². The number of hydrogen-bond donors (Lipinski definition) is 1. The number of β-amino-alcohol motifs (C(OH)–C–C–N with tert-alkyl or cyclic N) is 1. The molecular formula is C24H34N2O5. The third-order valence-electron chi connectivity index (χ3n) is 5.49. The highest BCUT2D eigenvalue weighted by Gasteiger charge is 2.19. The van der Waals surface area contributed by atoms with E-state index in [9.17, 15) is 5.11 Å². The van der Waals surface area contributed by atoms with Crippen molar-refractivity contribution in [1.29, 1.82) is 0 Å². The molecule has 2 aromatic carbocycles. The summed E-state index contributed by atoms with van der Waals surface area (Å²) in [5, 5.41) is 10.4. The Bertz CT molecular complexity index is 769. The lowest BCUT2D eigenvalue weighted by Gasteiger charge is -2.35. The zero-order valence-corrected chi connectivity index (χ0v) is 18.8. The number of aliphatic hydroxyl groups excluding tert-OH is 1. The molecule has 0 saturated carbocycles. The molecule has 0 radical (unpaired) electrons. The zero-order valence-electron chi connectivity index (χ0n) is 18.8. The van der Waals surface area contributed by atoms with Gasteiger partial charge in [-0.1, -0.05) is 30.3 Å². The third kappa shape index (κ3) is 6.83. The van der Waals surface area contributed by atoms with Gasteiger partial charge in [0.25, 0.3) is 0 Å². The molecule has 170 valence electrons. The molecule has 2 aromatic rings. The fourth-order valence-electron chi connectivity index (χ4n) is 3.85. The maximum absolute atomic E-state index is 10.4. The minimum Gasteiger partial charge on any atom is -0.493 e. The van der Waals surface area contributed by atoms with Crippen LogP contribution in [0.25, 0.3) is 0 Å². The van der Waals surface area contributed by atoms with Crippen LogP contribution in [0.15, 0.2) is 42.5 Å². The second-order valence-electron chi connectivity index (χ2n) is 7.76. The van der Waals surface area contributed by atoms with Gasteiger partial charge in [0.1, 0.15) is 0 Å². The number of methoxy groups -OCH3 is 3. The van der Waals surface area contributed by atoms with Gasteiger partial charge in [-0.3, -0.25) is 9.80 Å². The second kappa shape index (κ2) is 11.9. The maximum atomic E-state index is 10.4. The number of ether oxygens (including phenoxy) is 4. The highest BCUT2D eigenvalue weighted by atomic mass is 16.5. The SMILES string of the molecule is COc1cc(COC[C@@H](O)CN2CCN(Cc3ccccc3)CC2)cc(OC)c1OC. The first kappa shape index (κ1) is 23.3. The lowest BCUT2D eigenvalue weighted by molar-refractivity contribution is 0.000807. The van der Waals surface area contributed by atoms with Gasteiger partial charge < -0.3 is 24.1 Å². The summed E-state index contributed by atoms with van der Waals surface area (Å²) in [6, 6.07) is 14.3. The topological polar surface area (TPSA) is 63.6 Å². The van der Waals surface area contributed by atoms with Crippen LogP contribution in [0.4, 0.5) is 0 Å². The van der Waals surface area contributed by atoms with Crippen LogP contribution >= 0.6 is 0 Å². The van der Waals surface area contributed by atoms with E-state index >= 15 is 0 Å². The highest BCUT2D eigenvalue weighted by Crippen LogP contribution is 2.38. The summed E-state index contributed by atoms with van der Waals surface area (Å²) in [7, 11) is 4.75. The molecule has 1 fully saturated rings. The first-order valence-corrected chi connectivity index (χ1v) is 10.7. The van der Waals surface area contributed by atoms with Crippen molar-refractivity contribution in [3.8, 4) is 17.2 Å². The number of hydrogen-bond acceptors (Lipinski definition) is 7. The summed E-state index contributed by atoms with van der Waals surface area (Å²) >= 11 is 0. The monoisotopic (exact) mass is 430 g/mol. The van der Waals surface area contributed by atoms with Gasteiger partial charge in [-0.25, -0.2) is 0 Å². The molecule has 1 atom stereocenters. The zero-order chi connectivity index (χ0) is 22.1. The third-order valence-corrected chi connectivity index (χ3v) is 5.49. The molecule has 0 unspecified atom stereocenters. The number of nitrogens with zero attached hydrogens (tertiary/aromatic N) is 2. The molecule has 0 spiro atoms. The molecule has 0 aromatic heterocycles. The van der Waals surface area contributed by atoms with Crippen LogP contribution in [0.2, 0.25) is 0 Å². The molecule has 3 rings (SSSR count). The van der Waals surface area contributed by atoms with E-state index in [2.05, 4.69) is 34.1 Å². The molecule has 7 heteroatoms. The molecule has 1 N–H and O–H groups in total.